The summed E-state index contributed by atoms with van der Waals surface area (Å²) >= 11 is 0. The molecule has 0 aliphatic carbocycles. The molecule has 17 heavy (non-hydrogen) atoms. The molecule has 1 aromatic rings. The minimum atomic E-state index is 0.0515. The van der Waals surface area contributed by atoms with Gasteiger partial charge in [-0.15, -0.1) is 0 Å². The zero-order valence-electron chi connectivity index (χ0n) is 10.9. The molecule has 0 aromatic heterocycles. The number of hydrogen-bond acceptors (Lipinski definition) is 2. The van der Waals surface area contributed by atoms with E-state index in [1.54, 1.807) is 0 Å². The third kappa shape index (κ3) is 4.57. The number of anilines is 1. The van der Waals surface area contributed by atoms with Crippen LogP contribution in [0.2, 0.25) is 0 Å². The van der Waals surface area contributed by atoms with Gasteiger partial charge >= 0.3 is 0 Å². The summed E-state index contributed by atoms with van der Waals surface area (Å²) < 4.78 is 0. The van der Waals surface area contributed by atoms with Gasteiger partial charge in [0.05, 0.1) is 0 Å². The summed E-state index contributed by atoms with van der Waals surface area (Å²) in [4.78, 5) is 11.5. The molecule has 1 amide bonds. The van der Waals surface area contributed by atoms with Crippen molar-refractivity contribution >= 4 is 11.6 Å². The van der Waals surface area contributed by atoms with Crippen LogP contribution < -0.4 is 10.6 Å². The lowest BCUT2D eigenvalue weighted by Crippen LogP contribution is -2.18. The highest BCUT2D eigenvalue weighted by molar-refractivity contribution is 5.90. The van der Waals surface area contributed by atoms with Crippen LogP contribution in [0.25, 0.3) is 0 Å². The van der Waals surface area contributed by atoms with Crippen LogP contribution in [0.5, 0.6) is 0 Å². The second-order valence-electron chi connectivity index (χ2n) is 4.33. The Balaban J connectivity index is 2.53. The van der Waals surface area contributed by atoms with Gasteiger partial charge in [-0.3, -0.25) is 4.79 Å². The lowest BCUT2D eigenvalue weighted by molar-refractivity contribution is -0.116. The standard InChI is InChI=1S/C14H22N2O/c1-4-11(2)12-5-7-13(8-6-12)16-14(17)9-10-15-3/h5-8,11,15H,4,9-10H2,1-3H3,(H,16,17). The Bertz CT molecular complexity index is 346. The molecule has 0 radical (unpaired) electrons. The maximum atomic E-state index is 11.5. The molecule has 0 aliphatic rings. The largest absolute Gasteiger partial charge is 0.326 e. The summed E-state index contributed by atoms with van der Waals surface area (Å²) in [6, 6.07) is 8.11. The number of rotatable bonds is 6. The first-order valence-electron chi connectivity index (χ1n) is 6.21. The minimum absolute atomic E-state index is 0.0515. The van der Waals surface area contributed by atoms with Crippen molar-refractivity contribution in [1.29, 1.82) is 0 Å². The molecule has 2 N–H and O–H groups in total. The van der Waals surface area contributed by atoms with E-state index < -0.39 is 0 Å². The maximum absolute atomic E-state index is 11.5. The molecule has 1 aromatic carbocycles. The fourth-order valence-electron chi connectivity index (χ4n) is 1.59. The number of carbonyl (C=O) groups is 1. The topological polar surface area (TPSA) is 41.1 Å². The Morgan fingerprint density at radius 2 is 1.94 bits per heavy atom. The number of benzene rings is 1. The van der Waals surface area contributed by atoms with Crippen molar-refractivity contribution in [2.24, 2.45) is 0 Å². The van der Waals surface area contributed by atoms with Crippen molar-refractivity contribution in [1.82, 2.24) is 5.32 Å². The quantitative estimate of drug-likeness (QED) is 0.794. The first kappa shape index (κ1) is 13.7. The maximum Gasteiger partial charge on any atom is 0.225 e. The number of nitrogens with one attached hydrogen (secondary N) is 2. The van der Waals surface area contributed by atoms with Gasteiger partial charge in [-0.25, -0.2) is 0 Å². The van der Waals surface area contributed by atoms with Crippen molar-refractivity contribution in [3.8, 4) is 0 Å². The first-order chi connectivity index (χ1) is 8.17. The fraction of sp³-hybridized carbons (Fsp3) is 0.500. The van der Waals surface area contributed by atoms with Crippen LogP contribution >= 0.6 is 0 Å². The van der Waals surface area contributed by atoms with Crippen LogP contribution in [0.3, 0.4) is 0 Å². The highest BCUT2D eigenvalue weighted by Crippen LogP contribution is 2.20. The normalized spacial score (nSPS) is 12.2. The highest BCUT2D eigenvalue weighted by Gasteiger charge is 2.04. The summed E-state index contributed by atoms with van der Waals surface area (Å²) in [6.07, 6.45) is 1.64. The van der Waals surface area contributed by atoms with Crippen LogP contribution in [0.1, 0.15) is 38.2 Å². The molecule has 0 bridgehead atoms. The summed E-state index contributed by atoms with van der Waals surface area (Å²) in [5, 5.41) is 5.84. The Labute approximate surface area is 104 Å². The number of amides is 1. The van der Waals surface area contributed by atoms with Crippen molar-refractivity contribution in [3.05, 3.63) is 29.8 Å². The minimum Gasteiger partial charge on any atom is -0.326 e. The summed E-state index contributed by atoms with van der Waals surface area (Å²) in [5.74, 6) is 0.625. The van der Waals surface area contributed by atoms with Crippen LogP contribution in [0.4, 0.5) is 5.69 Å². The van der Waals surface area contributed by atoms with Gasteiger partial charge in [-0.1, -0.05) is 26.0 Å². The Kier molecular flexibility index (Phi) is 5.70. The number of carbonyl (C=O) groups excluding carboxylic acids is 1. The zero-order chi connectivity index (χ0) is 12.7. The van der Waals surface area contributed by atoms with Crippen LogP contribution in [0.15, 0.2) is 24.3 Å². The molecular weight excluding hydrogens is 212 g/mol. The molecule has 0 fully saturated rings. The summed E-state index contributed by atoms with van der Waals surface area (Å²) in [7, 11) is 1.84. The second-order valence-corrected chi connectivity index (χ2v) is 4.33. The van der Waals surface area contributed by atoms with Gasteiger partial charge in [0.2, 0.25) is 5.91 Å². The lowest BCUT2D eigenvalue weighted by atomic mass is 9.99. The zero-order valence-corrected chi connectivity index (χ0v) is 10.9. The lowest BCUT2D eigenvalue weighted by Gasteiger charge is -2.10. The molecule has 1 rings (SSSR count). The van der Waals surface area contributed by atoms with Crippen LogP contribution in [-0.2, 0) is 4.79 Å². The van der Waals surface area contributed by atoms with E-state index in [9.17, 15) is 4.79 Å². The van der Waals surface area contributed by atoms with Crippen molar-refractivity contribution in [2.45, 2.75) is 32.6 Å². The molecule has 3 nitrogen and oxygen atoms in total. The van der Waals surface area contributed by atoms with E-state index in [1.165, 1.54) is 5.56 Å². The molecular formula is C14H22N2O. The van der Waals surface area contributed by atoms with Gasteiger partial charge in [0.1, 0.15) is 0 Å². The molecule has 1 unspecified atom stereocenters. The van der Waals surface area contributed by atoms with Gasteiger partial charge < -0.3 is 10.6 Å². The Hall–Kier alpha value is -1.35. The molecule has 0 aliphatic heterocycles. The van der Waals surface area contributed by atoms with E-state index in [4.69, 9.17) is 0 Å². The van der Waals surface area contributed by atoms with Gasteiger partial charge in [-0.2, -0.15) is 0 Å². The first-order valence-corrected chi connectivity index (χ1v) is 6.21. The third-order valence-corrected chi connectivity index (χ3v) is 2.98. The Morgan fingerprint density at radius 1 is 1.29 bits per heavy atom. The average molecular weight is 234 g/mol. The summed E-state index contributed by atoms with van der Waals surface area (Å²) in [5.41, 5.74) is 2.19. The van der Waals surface area contributed by atoms with Crippen LogP contribution in [-0.4, -0.2) is 19.5 Å². The molecule has 0 saturated heterocycles. The van der Waals surface area contributed by atoms with E-state index in [1.807, 2.05) is 19.2 Å². The van der Waals surface area contributed by atoms with Crippen molar-refractivity contribution in [3.63, 3.8) is 0 Å². The predicted molar refractivity (Wildman–Crippen MR) is 72.3 cm³/mol. The van der Waals surface area contributed by atoms with E-state index in [0.717, 1.165) is 12.1 Å². The molecule has 0 heterocycles. The van der Waals surface area contributed by atoms with Crippen molar-refractivity contribution in [2.75, 3.05) is 18.9 Å². The third-order valence-electron chi connectivity index (χ3n) is 2.98. The second kappa shape index (κ2) is 7.07. The van der Waals surface area contributed by atoms with E-state index in [2.05, 4.69) is 36.6 Å². The monoisotopic (exact) mass is 234 g/mol. The van der Waals surface area contributed by atoms with E-state index in [0.29, 0.717) is 18.9 Å². The van der Waals surface area contributed by atoms with Gasteiger partial charge in [-0.05, 0) is 37.1 Å². The van der Waals surface area contributed by atoms with Crippen molar-refractivity contribution < 1.29 is 4.79 Å². The highest BCUT2D eigenvalue weighted by atomic mass is 16.1. The molecule has 1 atom stereocenters. The molecule has 0 spiro atoms. The SMILES string of the molecule is CCC(C)c1ccc(NC(=O)CCNC)cc1. The average Bonchev–Trinajstić information content (AvgIpc) is 2.36. The fourth-order valence-corrected chi connectivity index (χ4v) is 1.59. The predicted octanol–water partition coefficient (Wildman–Crippen LogP) is 2.75. The Morgan fingerprint density at radius 3 is 2.47 bits per heavy atom. The summed E-state index contributed by atoms with van der Waals surface area (Å²) in [6.45, 7) is 5.09. The van der Waals surface area contributed by atoms with E-state index >= 15 is 0 Å². The van der Waals surface area contributed by atoms with Gasteiger partial charge in [0.25, 0.3) is 0 Å². The molecule has 3 heteroatoms. The van der Waals surface area contributed by atoms with E-state index in [-0.39, 0.29) is 5.91 Å². The van der Waals surface area contributed by atoms with Gasteiger partial charge in [0, 0.05) is 18.7 Å². The molecule has 0 saturated carbocycles. The van der Waals surface area contributed by atoms with Crippen LogP contribution in [0, 0.1) is 0 Å². The number of hydrogen-bond donors (Lipinski definition) is 2. The molecule has 94 valence electrons. The van der Waals surface area contributed by atoms with Gasteiger partial charge in [0.15, 0.2) is 0 Å². The smallest absolute Gasteiger partial charge is 0.225 e.